The molecule has 74 valence electrons. The van der Waals surface area contributed by atoms with Crippen molar-refractivity contribution < 1.29 is 15.0 Å². The second-order valence-corrected chi connectivity index (χ2v) is 3.06. The van der Waals surface area contributed by atoms with Crippen molar-refractivity contribution in [2.24, 2.45) is 0 Å². The second kappa shape index (κ2) is 3.96. The lowest BCUT2D eigenvalue weighted by Gasteiger charge is -2.08. The minimum Gasteiger partial charge on any atom is -0.507 e. The first-order chi connectivity index (χ1) is 6.57. The Morgan fingerprint density at radius 3 is 2.71 bits per heavy atom. The van der Waals surface area contributed by atoms with Gasteiger partial charge in [-0.2, -0.15) is 0 Å². The van der Waals surface area contributed by atoms with E-state index in [1.165, 1.54) is 6.07 Å². The van der Waals surface area contributed by atoms with Crippen LogP contribution in [0.5, 0.6) is 5.75 Å². The number of carbonyl (C=O) groups is 1. The monoisotopic (exact) mass is 192 g/mol. The zero-order valence-corrected chi connectivity index (χ0v) is 7.95. The predicted molar refractivity (Wildman–Crippen MR) is 53.7 cm³/mol. The molecule has 0 bridgehead atoms. The maximum atomic E-state index is 10.7. The Morgan fingerprint density at radius 1 is 1.57 bits per heavy atom. The third-order valence-corrected chi connectivity index (χ3v) is 2.10. The SMILES string of the molecule is C=CCc1c(C)ccc(C(=O)O)c1O. The Morgan fingerprint density at radius 2 is 2.21 bits per heavy atom. The molecule has 0 aliphatic heterocycles. The van der Waals surface area contributed by atoms with E-state index in [0.717, 1.165) is 5.56 Å². The fourth-order valence-corrected chi connectivity index (χ4v) is 1.31. The molecule has 0 aliphatic rings. The van der Waals surface area contributed by atoms with Gasteiger partial charge in [-0.25, -0.2) is 4.79 Å². The first-order valence-electron chi connectivity index (χ1n) is 4.23. The Labute approximate surface area is 82.3 Å². The van der Waals surface area contributed by atoms with Gasteiger partial charge >= 0.3 is 5.97 Å². The predicted octanol–water partition coefficient (Wildman–Crippen LogP) is 2.13. The summed E-state index contributed by atoms with van der Waals surface area (Å²) in [6.45, 7) is 5.38. The number of hydrogen-bond acceptors (Lipinski definition) is 2. The van der Waals surface area contributed by atoms with E-state index in [0.29, 0.717) is 12.0 Å². The minimum absolute atomic E-state index is 0.0625. The van der Waals surface area contributed by atoms with Gasteiger partial charge < -0.3 is 10.2 Å². The molecule has 0 fully saturated rings. The van der Waals surface area contributed by atoms with E-state index in [1.807, 2.05) is 6.92 Å². The Kier molecular flexibility index (Phi) is 2.92. The van der Waals surface area contributed by atoms with Crippen LogP contribution < -0.4 is 0 Å². The second-order valence-electron chi connectivity index (χ2n) is 3.06. The van der Waals surface area contributed by atoms with Crippen molar-refractivity contribution in [1.29, 1.82) is 0 Å². The summed E-state index contributed by atoms with van der Waals surface area (Å²) in [5.74, 6) is -1.27. The molecule has 0 saturated heterocycles. The van der Waals surface area contributed by atoms with Gasteiger partial charge in [-0.3, -0.25) is 0 Å². The molecule has 0 spiro atoms. The lowest BCUT2D eigenvalue weighted by Crippen LogP contribution is -2.00. The smallest absolute Gasteiger partial charge is 0.339 e. The number of allylic oxidation sites excluding steroid dienone is 1. The first-order valence-corrected chi connectivity index (χ1v) is 4.23. The summed E-state index contributed by atoms with van der Waals surface area (Å²) < 4.78 is 0. The van der Waals surface area contributed by atoms with Gasteiger partial charge in [-0.15, -0.1) is 6.58 Å². The highest BCUT2D eigenvalue weighted by atomic mass is 16.4. The molecular weight excluding hydrogens is 180 g/mol. The highest BCUT2D eigenvalue weighted by Crippen LogP contribution is 2.26. The Balaban J connectivity index is 3.32. The molecular formula is C11H12O3. The number of aryl methyl sites for hydroxylation is 1. The van der Waals surface area contributed by atoms with E-state index >= 15 is 0 Å². The van der Waals surface area contributed by atoms with Crippen molar-refractivity contribution in [3.05, 3.63) is 41.5 Å². The van der Waals surface area contributed by atoms with Gasteiger partial charge in [0, 0.05) is 5.56 Å². The van der Waals surface area contributed by atoms with Crippen LogP contribution in [-0.2, 0) is 6.42 Å². The van der Waals surface area contributed by atoms with Gasteiger partial charge in [0.25, 0.3) is 0 Å². The Hall–Kier alpha value is -1.77. The van der Waals surface area contributed by atoms with Crippen LogP contribution in [0, 0.1) is 6.92 Å². The molecule has 0 aliphatic carbocycles. The van der Waals surface area contributed by atoms with E-state index < -0.39 is 5.97 Å². The number of benzene rings is 1. The summed E-state index contributed by atoms with van der Waals surface area (Å²) in [5.41, 5.74) is 1.43. The Bertz CT molecular complexity index is 380. The van der Waals surface area contributed by atoms with Gasteiger partial charge in [-0.1, -0.05) is 12.1 Å². The molecule has 0 unspecified atom stereocenters. The number of carboxylic acids is 1. The van der Waals surface area contributed by atoms with E-state index in [9.17, 15) is 9.90 Å². The number of phenols is 1. The molecule has 14 heavy (non-hydrogen) atoms. The zero-order valence-electron chi connectivity index (χ0n) is 7.95. The number of aromatic carboxylic acids is 1. The van der Waals surface area contributed by atoms with Crippen LogP contribution >= 0.6 is 0 Å². The lowest BCUT2D eigenvalue weighted by atomic mass is 10.0. The van der Waals surface area contributed by atoms with Crippen molar-refractivity contribution >= 4 is 5.97 Å². The first kappa shape index (κ1) is 10.3. The van der Waals surface area contributed by atoms with Gasteiger partial charge in [0.15, 0.2) is 0 Å². The molecule has 0 saturated carbocycles. The lowest BCUT2D eigenvalue weighted by molar-refractivity contribution is 0.0693. The van der Waals surface area contributed by atoms with Crippen molar-refractivity contribution in [1.82, 2.24) is 0 Å². The van der Waals surface area contributed by atoms with E-state index in [1.54, 1.807) is 12.1 Å². The van der Waals surface area contributed by atoms with Crippen molar-refractivity contribution in [2.75, 3.05) is 0 Å². The number of rotatable bonds is 3. The van der Waals surface area contributed by atoms with Crippen LogP contribution in [0.4, 0.5) is 0 Å². The molecule has 3 nitrogen and oxygen atoms in total. The fraction of sp³-hybridized carbons (Fsp3) is 0.182. The van der Waals surface area contributed by atoms with Crippen LogP contribution in [0.25, 0.3) is 0 Å². The molecule has 2 N–H and O–H groups in total. The third-order valence-electron chi connectivity index (χ3n) is 2.10. The van der Waals surface area contributed by atoms with Crippen molar-refractivity contribution in [3.8, 4) is 5.75 Å². The molecule has 1 rings (SSSR count). The molecule has 1 aromatic carbocycles. The summed E-state index contributed by atoms with van der Waals surface area (Å²) in [4.78, 5) is 10.7. The minimum atomic E-state index is -1.12. The summed E-state index contributed by atoms with van der Waals surface area (Å²) in [6.07, 6.45) is 2.10. The zero-order chi connectivity index (χ0) is 10.7. The van der Waals surface area contributed by atoms with Crippen LogP contribution in [0.15, 0.2) is 24.8 Å². The maximum absolute atomic E-state index is 10.7. The standard InChI is InChI=1S/C11H12O3/c1-3-4-8-7(2)5-6-9(10(8)12)11(13)14/h3,5-6,12H,1,4H2,2H3,(H,13,14). The maximum Gasteiger partial charge on any atom is 0.339 e. The highest BCUT2D eigenvalue weighted by Gasteiger charge is 2.13. The third kappa shape index (κ3) is 1.76. The normalized spacial score (nSPS) is 9.79. The van der Waals surface area contributed by atoms with Gasteiger partial charge in [0.05, 0.1) is 0 Å². The highest BCUT2D eigenvalue weighted by molar-refractivity contribution is 5.91. The average molecular weight is 192 g/mol. The molecule has 0 heterocycles. The van der Waals surface area contributed by atoms with Crippen molar-refractivity contribution in [2.45, 2.75) is 13.3 Å². The summed E-state index contributed by atoms with van der Waals surface area (Å²) in [5, 5.41) is 18.4. The molecule has 0 atom stereocenters. The van der Waals surface area contributed by atoms with Gasteiger partial charge in [0.2, 0.25) is 0 Å². The van der Waals surface area contributed by atoms with Crippen molar-refractivity contribution in [3.63, 3.8) is 0 Å². The number of aromatic hydroxyl groups is 1. The quantitative estimate of drug-likeness (QED) is 0.721. The fourth-order valence-electron chi connectivity index (χ4n) is 1.31. The summed E-state index contributed by atoms with van der Waals surface area (Å²) in [6, 6.07) is 3.08. The molecule has 1 aromatic rings. The number of carboxylic acid groups (broad SMARTS) is 1. The van der Waals surface area contributed by atoms with Crippen LogP contribution in [0.1, 0.15) is 21.5 Å². The average Bonchev–Trinajstić information content (AvgIpc) is 2.11. The van der Waals surface area contributed by atoms with Crippen LogP contribution in [0.3, 0.4) is 0 Å². The number of hydrogen-bond donors (Lipinski definition) is 2. The molecule has 0 aromatic heterocycles. The molecule has 0 radical (unpaired) electrons. The summed E-state index contributed by atoms with van der Waals surface area (Å²) >= 11 is 0. The van der Waals surface area contributed by atoms with E-state index in [-0.39, 0.29) is 11.3 Å². The molecule has 3 heteroatoms. The summed E-state index contributed by atoms with van der Waals surface area (Å²) in [7, 11) is 0. The van der Waals surface area contributed by atoms with E-state index in [4.69, 9.17) is 5.11 Å². The van der Waals surface area contributed by atoms with Crippen LogP contribution in [-0.4, -0.2) is 16.2 Å². The van der Waals surface area contributed by atoms with E-state index in [2.05, 4.69) is 6.58 Å². The van der Waals surface area contributed by atoms with Crippen LogP contribution in [0.2, 0.25) is 0 Å². The molecule has 0 amide bonds. The van der Waals surface area contributed by atoms with Gasteiger partial charge in [0.1, 0.15) is 11.3 Å². The van der Waals surface area contributed by atoms with Gasteiger partial charge in [-0.05, 0) is 25.0 Å². The topological polar surface area (TPSA) is 57.5 Å². The largest absolute Gasteiger partial charge is 0.507 e.